The molecule has 0 fully saturated rings. The minimum absolute atomic E-state index is 0.148. The van der Waals surface area contributed by atoms with Gasteiger partial charge in [-0.2, -0.15) is 13.2 Å². The fourth-order valence-electron chi connectivity index (χ4n) is 3.90. The standard InChI is InChI=1S/C25H22F3N3O/c1-2-4-18-5-3-6-20(13-18)14-30-12-11-23-22(16-30)24(32)31(17-29-23)15-19-7-9-21(10-8-19)25(26,27)28/h3,5-10,13,17H,11-12,14-16H2,1H3. The fraction of sp³-hybridized carbons (Fsp3) is 0.280. The van der Waals surface area contributed by atoms with Crippen molar-refractivity contribution in [1.29, 1.82) is 0 Å². The van der Waals surface area contributed by atoms with E-state index >= 15 is 0 Å². The highest BCUT2D eigenvalue weighted by atomic mass is 19.4. The van der Waals surface area contributed by atoms with Crippen LogP contribution in [0.25, 0.3) is 0 Å². The maximum atomic E-state index is 13.1. The highest BCUT2D eigenvalue weighted by Crippen LogP contribution is 2.29. The summed E-state index contributed by atoms with van der Waals surface area (Å²) < 4.78 is 39.8. The Morgan fingerprint density at radius 1 is 1.06 bits per heavy atom. The molecule has 0 spiro atoms. The van der Waals surface area contributed by atoms with Gasteiger partial charge in [-0.15, -0.1) is 5.92 Å². The third-order valence-corrected chi connectivity index (χ3v) is 5.50. The molecule has 164 valence electrons. The maximum Gasteiger partial charge on any atom is 0.416 e. The predicted molar refractivity (Wildman–Crippen MR) is 116 cm³/mol. The zero-order chi connectivity index (χ0) is 22.7. The van der Waals surface area contributed by atoms with E-state index in [-0.39, 0.29) is 12.1 Å². The Hall–Kier alpha value is -3.37. The van der Waals surface area contributed by atoms with Gasteiger partial charge in [0, 0.05) is 31.6 Å². The van der Waals surface area contributed by atoms with Crippen molar-refractivity contribution in [3.63, 3.8) is 0 Å². The smallest absolute Gasteiger partial charge is 0.294 e. The summed E-state index contributed by atoms with van der Waals surface area (Å²) in [6.07, 6.45) is -2.21. The van der Waals surface area contributed by atoms with Crippen molar-refractivity contribution in [1.82, 2.24) is 14.5 Å². The molecule has 2 heterocycles. The quantitative estimate of drug-likeness (QED) is 0.573. The Morgan fingerprint density at radius 2 is 1.84 bits per heavy atom. The molecule has 7 heteroatoms. The second-order valence-electron chi connectivity index (χ2n) is 7.83. The van der Waals surface area contributed by atoms with Gasteiger partial charge in [0.25, 0.3) is 5.56 Å². The molecular weight excluding hydrogens is 415 g/mol. The van der Waals surface area contributed by atoms with Crippen LogP contribution in [0.15, 0.2) is 59.7 Å². The largest absolute Gasteiger partial charge is 0.416 e. The van der Waals surface area contributed by atoms with Crippen LogP contribution in [0.5, 0.6) is 0 Å². The van der Waals surface area contributed by atoms with E-state index in [1.54, 1.807) is 6.92 Å². The van der Waals surface area contributed by atoms with Gasteiger partial charge in [-0.1, -0.05) is 30.2 Å². The number of fused-ring (bicyclic) bond motifs is 1. The fourth-order valence-corrected chi connectivity index (χ4v) is 3.90. The minimum Gasteiger partial charge on any atom is -0.294 e. The molecule has 0 saturated carbocycles. The molecule has 0 aliphatic carbocycles. The number of nitrogens with zero attached hydrogens (tertiary/aromatic N) is 3. The Morgan fingerprint density at radius 3 is 2.56 bits per heavy atom. The molecule has 0 radical (unpaired) electrons. The lowest BCUT2D eigenvalue weighted by atomic mass is 10.0. The predicted octanol–water partition coefficient (Wildman–Crippen LogP) is 4.24. The molecule has 3 aromatic rings. The minimum atomic E-state index is -4.38. The summed E-state index contributed by atoms with van der Waals surface area (Å²) in [6.45, 7) is 3.96. The van der Waals surface area contributed by atoms with Crippen molar-refractivity contribution in [2.24, 2.45) is 0 Å². The number of hydrogen-bond acceptors (Lipinski definition) is 3. The van der Waals surface area contributed by atoms with Gasteiger partial charge in [0.1, 0.15) is 0 Å². The number of rotatable bonds is 4. The molecule has 0 unspecified atom stereocenters. The summed E-state index contributed by atoms with van der Waals surface area (Å²) in [5.41, 5.74) is 3.29. The molecular formula is C25H22F3N3O. The summed E-state index contributed by atoms with van der Waals surface area (Å²) in [5, 5.41) is 0. The molecule has 1 aliphatic rings. The summed E-state index contributed by atoms with van der Waals surface area (Å²) >= 11 is 0. The van der Waals surface area contributed by atoms with E-state index in [1.807, 2.05) is 18.2 Å². The van der Waals surface area contributed by atoms with Crippen molar-refractivity contribution in [2.75, 3.05) is 6.54 Å². The number of halogens is 3. The van der Waals surface area contributed by atoms with Gasteiger partial charge < -0.3 is 0 Å². The molecule has 2 aromatic carbocycles. The monoisotopic (exact) mass is 437 g/mol. The third kappa shape index (κ3) is 4.92. The van der Waals surface area contributed by atoms with Gasteiger partial charge in [0.2, 0.25) is 0 Å². The lowest BCUT2D eigenvalue weighted by molar-refractivity contribution is -0.137. The van der Waals surface area contributed by atoms with Crippen LogP contribution in [-0.2, 0) is 32.2 Å². The highest BCUT2D eigenvalue weighted by Gasteiger charge is 2.30. The van der Waals surface area contributed by atoms with Crippen molar-refractivity contribution in [3.8, 4) is 11.8 Å². The average Bonchev–Trinajstić information content (AvgIpc) is 2.76. The molecule has 1 aliphatic heterocycles. The lowest BCUT2D eigenvalue weighted by Gasteiger charge is -2.28. The molecule has 1 aromatic heterocycles. The lowest BCUT2D eigenvalue weighted by Crippen LogP contribution is -2.37. The average molecular weight is 437 g/mol. The first-order valence-electron chi connectivity index (χ1n) is 10.3. The van der Waals surface area contributed by atoms with Crippen molar-refractivity contribution < 1.29 is 13.2 Å². The molecule has 4 nitrogen and oxygen atoms in total. The van der Waals surface area contributed by atoms with E-state index in [4.69, 9.17) is 0 Å². The first kappa shape index (κ1) is 21.8. The Bertz CT molecular complexity index is 1230. The second-order valence-corrected chi connectivity index (χ2v) is 7.83. The van der Waals surface area contributed by atoms with Crippen molar-refractivity contribution >= 4 is 0 Å². The van der Waals surface area contributed by atoms with E-state index < -0.39 is 11.7 Å². The van der Waals surface area contributed by atoms with Gasteiger partial charge >= 0.3 is 6.18 Å². The van der Waals surface area contributed by atoms with Crippen LogP contribution < -0.4 is 5.56 Å². The molecule has 0 saturated heterocycles. The van der Waals surface area contributed by atoms with Crippen molar-refractivity contribution in [2.45, 2.75) is 39.2 Å². The normalized spacial score (nSPS) is 13.9. The summed E-state index contributed by atoms with van der Waals surface area (Å²) in [4.78, 5) is 19.7. The van der Waals surface area contributed by atoms with Crippen LogP contribution in [0.1, 0.15) is 40.4 Å². The summed E-state index contributed by atoms with van der Waals surface area (Å²) in [6, 6.07) is 12.9. The van der Waals surface area contributed by atoms with Gasteiger partial charge in [-0.3, -0.25) is 14.3 Å². The SMILES string of the molecule is CC#Cc1cccc(CN2CCc3ncn(Cc4ccc(C(F)(F)F)cc4)c(=O)c3C2)c1. The van der Waals surface area contributed by atoms with Gasteiger partial charge in [-0.05, 0) is 42.3 Å². The molecule has 0 amide bonds. The van der Waals surface area contributed by atoms with Crippen LogP contribution in [-0.4, -0.2) is 21.0 Å². The number of hydrogen-bond donors (Lipinski definition) is 0. The van der Waals surface area contributed by atoms with Crippen LogP contribution in [0, 0.1) is 11.8 Å². The summed E-state index contributed by atoms with van der Waals surface area (Å²) in [5.74, 6) is 5.96. The first-order chi connectivity index (χ1) is 15.3. The van der Waals surface area contributed by atoms with Gasteiger partial charge in [-0.25, -0.2) is 4.98 Å². The Balaban J connectivity index is 1.51. The zero-order valence-corrected chi connectivity index (χ0v) is 17.6. The number of aromatic nitrogens is 2. The topological polar surface area (TPSA) is 38.1 Å². The molecule has 0 N–H and O–H groups in total. The molecule has 4 rings (SSSR count). The van der Waals surface area contributed by atoms with E-state index in [9.17, 15) is 18.0 Å². The van der Waals surface area contributed by atoms with Crippen LogP contribution in [0.2, 0.25) is 0 Å². The van der Waals surface area contributed by atoms with Gasteiger partial charge in [0.15, 0.2) is 0 Å². The van der Waals surface area contributed by atoms with Crippen LogP contribution >= 0.6 is 0 Å². The summed E-state index contributed by atoms with van der Waals surface area (Å²) in [7, 11) is 0. The van der Waals surface area contributed by atoms with Crippen LogP contribution in [0.3, 0.4) is 0 Å². The zero-order valence-electron chi connectivity index (χ0n) is 17.6. The second kappa shape index (κ2) is 9.01. The Labute approximate surface area is 184 Å². The van der Waals surface area contributed by atoms with E-state index in [0.29, 0.717) is 30.6 Å². The van der Waals surface area contributed by atoms with Crippen molar-refractivity contribution in [3.05, 3.63) is 98.7 Å². The Kier molecular flexibility index (Phi) is 6.15. The van der Waals surface area contributed by atoms with E-state index in [1.165, 1.54) is 23.0 Å². The van der Waals surface area contributed by atoms with E-state index in [0.717, 1.165) is 35.5 Å². The number of alkyl halides is 3. The molecule has 0 atom stereocenters. The first-order valence-corrected chi connectivity index (χ1v) is 10.3. The third-order valence-electron chi connectivity index (χ3n) is 5.50. The molecule has 0 bridgehead atoms. The maximum absolute atomic E-state index is 13.1. The molecule has 32 heavy (non-hydrogen) atoms. The van der Waals surface area contributed by atoms with E-state index in [2.05, 4.69) is 27.8 Å². The highest BCUT2D eigenvalue weighted by molar-refractivity contribution is 5.37. The van der Waals surface area contributed by atoms with Crippen LogP contribution in [0.4, 0.5) is 13.2 Å². The number of benzene rings is 2. The van der Waals surface area contributed by atoms with Gasteiger partial charge in [0.05, 0.1) is 29.7 Å².